The van der Waals surface area contributed by atoms with Gasteiger partial charge >= 0.3 is 5.97 Å². The lowest BCUT2D eigenvalue weighted by Crippen LogP contribution is -2.29. The van der Waals surface area contributed by atoms with Crippen molar-refractivity contribution in [2.45, 2.75) is 25.8 Å². The molecule has 1 atom stereocenters. The minimum absolute atomic E-state index is 0.479. The number of hydrogen-bond donors (Lipinski definition) is 2. The van der Waals surface area contributed by atoms with Gasteiger partial charge in [0, 0.05) is 5.56 Å². The number of nitrogens with one attached hydrogen (secondary N) is 1. The molecule has 0 radical (unpaired) electrons. The molecule has 2 aromatic rings. The highest BCUT2D eigenvalue weighted by molar-refractivity contribution is 5.76. The molecule has 0 amide bonds. The molecule has 0 saturated heterocycles. The molecule has 1 aromatic heterocycles. The summed E-state index contributed by atoms with van der Waals surface area (Å²) in [5.41, 5.74) is 1.67. The molecule has 2 N–H and O–H groups in total. The number of carbonyl (C=O) groups is 1. The van der Waals surface area contributed by atoms with E-state index >= 15 is 0 Å². The third-order valence-electron chi connectivity index (χ3n) is 2.90. The number of carboxylic acids is 1. The summed E-state index contributed by atoms with van der Waals surface area (Å²) in [6.07, 6.45) is 4.54. The molecule has 104 valence electrons. The molecule has 0 spiro atoms. The smallest absolute Gasteiger partial charge is 0.326 e. The van der Waals surface area contributed by atoms with Gasteiger partial charge in [0.1, 0.15) is 11.9 Å². The maximum absolute atomic E-state index is 11.1. The van der Waals surface area contributed by atoms with Gasteiger partial charge in [-0.05, 0) is 6.42 Å². The summed E-state index contributed by atoms with van der Waals surface area (Å²) in [6, 6.07) is 9.02. The van der Waals surface area contributed by atoms with Crippen LogP contribution in [0.5, 0.6) is 0 Å². The number of carboxylic acid groups (broad SMARTS) is 1. The second kappa shape index (κ2) is 6.65. The predicted octanol–water partition coefficient (Wildman–Crippen LogP) is 2.81. The van der Waals surface area contributed by atoms with Gasteiger partial charge in [-0.2, -0.15) is 0 Å². The molecule has 0 fully saturated rings. The number of benzene rings is 1. The Morgan fingerprint density at radius 2 is 2.05 bits per heavy atom. The maximum atomic E-state index is 11.1. The minimum Gasteiger partial charge on any atom is -0.480 e. The highest BCUT2D eigenvalue weighted by Crippen LogP contribution is 2.17. The molecule has 0 aliphatic carbocycles. The first-order chi connectivity index (χ1) is 9.70. The first-order valence-electron chi connectivity index (χ1n) is 6.57. The monoisotopic (exact) mass is 271 g/mol. The van der Waals surface area contributed by atoms with Crippen LogP contribution in [-0.2, 0) is 4.79 Å². The average Bonchev–Trinajstić information content (AvgIpc) is 2.48. The Kier molecular flexibility index (Phi) is 4.65. The van der Waals surface area contributed by atoms with E-state index in [2.05, 4.69) is 15.3 Å². The number of hydrogen-bond acceptors (Lipinski definition) is 4. The summed E-state index contributed by atoms with van der Waals surface area (Å²) in [5.74, 6) is -0.397. The molecule has 5 nitrogen and oxygen atoms in total. The van der Waals surface area contributed by atoms with E-state index in [4.69, 9.17) is 5.11 Å². The van der Waals surface area contributed by atoms with E-state index in [-0.39, 0.29) is 0 Å². The SMILES string of the molecule is CCCC(Nc1cncc(-c2ccccc2)n1)C(=O)O. The third kappa shape index (κ3) is 3.54. The van der Waals surface area contributed by atoms with E-state index in [0.29, 0.717) is 12.2 Å². The van der Waals surface area contributed by atoms with Crippen molar-refractivity contribution >= 4 is 11.8 Å². The highest BCUT2D eigenvalue weighted by atomic mass is 16.4. The van der Waals surface area contributed by atoms with Gasteiger partial charge < -0.3 is 10.4 Å². The Bertz CT molecular complexity index is 572. The van der Waals surface area contributed by atoms with Crippen molar-refractivity contribution in [3.05, 3.63) is 42.7 Å². The number of nitrogens with zero attached hydrogens (tertiary/aromatic N) is 2. The van der Waals surface area contributed by atoms with Crippen LogP contribution < -0.4 is 5.32 Å². The van der Waals surface area contributed by atoms with Gasteiger partial charge in [-0.1, -0.05) is 43.7 Å². The van der Waals surface area contributed by atoms with Crippen molar-refractivity contribution in [3.8, 4) is 11.3 Å². The Labute approximate surface area is 117 Å². The van der Waals surface area contributed by atoms with Crippen LogP contribution in [-0.4, -0.2) is 27.1 Å². The van der Waals surface area contributed by atoms with Gasteiger partial charge in [-0.25, -0.2) is 9.78 Å². The van der Waals surface area contributed by atoms with Crippen molar-refractivity contribution in [1.29, 1.82) is 0 Å². The first kappa shape index (κ1) is 14.0. The molecule has 0 aliphatic rings. The topological polar surface area (TPSA) is 75.1 Å². The molecule has 1 aromatic carbocycles. The van der Waals surface area contributed by atoms with Crippen molar-refractivity contribution in [2.75, 3.05) is 5.32 Å². The van der Waals surface area contributed by atoms with Gasteiger partial charge in [-0.3, -0.25) is 4.98 Å². The molecule has 1 unspecified atom stereocenters. The van der Waals surface area contributed by atoms with E-state index in [1.54, 1.807) is 6.20 Å². The third-order valence-corrected chi connectivity index (χ3v) is 2.90. The van der Waals surface area contributed by atoms with Gasteiger partial charge in [0.2, 0.25) is 0 Å². The largest absolute Gasteiger partial charge is 0.480 e. The fraction of sp³-hybridized carbons (Fsp3) is 0.267. The summed E-state index contributed by atoms with van der Waals surface area (Å²) in [7, 11) is 0. The fourth-order valence-corrected chi connectivity index (χ4v) is 1.91. The van der Waals surface area contributed by atoms with Crippen LogP contribution in [0.15, 0.2) is 42.7 Å². The molecule has 20 heavy (non-hydrogen) atoms. The summed E-state index contributed by atoms with van der Waals surface area (Å²) < 4.78 is 0. The molecule has 0 saturated carbocycles. The molecule has 5 heteroatoms. The Hall–Kier alpha value is -2.43. The number of rotatable bonds is 6. The van der Waals surface area contributed by atoms with Crippen LogP contribution in [0, 0.1) is 0 Å². The lowest BCUT2D eigenvalue weighted by molar-refractivity contribution is -0.138. The van der Waals surface area contributed by atoms with E-state index < -0.39 is 12.0 Å². The quantitative estimate of drug-likeness (QED) is 0.845. The molecular weight excluding hydrogens is 254 g/mol. The van der Waals surface area contributed by atoms with Crippen LogP contribution in [0.3, 0.4) is 0 Å². The lowest BCUT2D eigenvalue weighted by Gasteiger charge is -2.14. The summed E-state index contributed by atoms with van der Waals surface area (Å²) >= 11 is 0. The Morgan fingerprint density at radius 3 is 2.70 bits per heavy atom. The van der Waals surface area contributed by atoms with Gasteiger partial charge in [0.25, 0.3) is 0 Å². The zero-order chi connectivity index (χ0) is 14.4. The average molecular weight is 271 g/mol. The standard InChI is InChI=1S/C15H17N3O2/c1-2-6-12(15(19)20)17-14-10-16-9-13(18-14)11-7-4-3-5-8-11/h3-5,7-10,12H,2,6H2,1H3,(H,17,18)(H,19,20). The van der Waals surface area contributed by atoms with Crippen molar-refractivity contribution < 1.29 is 9.90 Å². The van der Waals surface area contributed by atoms with Crippen LogP contribution in [0.1, 0.15) is 19.8 Å². The van der Waals surface area contributed by atoms with Gasteiger partial charge in [-0.15, -0.1) is 0 Å². The van der Waals surface area contributed by atoms with E-state index in [1.807, 2.05) is 37.3 Å². The zero-order valence-corrected chi connectivity index (χ0v) is 11.3. The summed E-state index contributed by atoms with van der Waals surface area (Å²) in [4.78, 5) is 19.7. The first-order valence-corrected chi connectivity index (χ1v) is 6.57. The van der Waals surface area contributed by atoms with E-state index in [1.165, 1.54) is 6.20 Å². The second-order valence-corrected chi connectivity index (χ2v) is 4.48. The van der Waals surface area contributed by atoms with Crippen LogP contribution in [0.4, 0.5) is 5.82 Å². The number of aromatic nitrogens is 2. The zero-order valence-electron chi connectivity index (χ0n) is 11.3. The second-order valence-electron chi connectivity index (χ2n) is 4.48. The minimum atomic E-state index is -0.876. The van der Waals surface area contributed by atoms with Crippen molar-refractivity contribution in [1.82, 2.24) is 9.97 Å². The summed E-state index contributed by atoms with van der Waals surface area (Å²) in [5, 5.41) is 12.1. The normalized spacial score (nSPS) is 11.8. The van der Waals surface area contributed by atoms with Gasteiger partial charge in [0.15, 0.2) is 0 Å². The van der Waals surface area contributed by atoms with Crippen molar-refractivity contribution in [3.63, 3.8) is 0 Å². The van der Waals surface area contributed by atoms with Crippen LogP contribution in [0.25, 0.3) is 11.3 Å². The number of aliphatic carboxylic acids is 1. The Morgan fingerprint density at radius 1 is 1.30 bits per heavy atom. The maximum Gasteiger partial charge on any atom is 0.326 e. The Balaban J connectivity index is 2.19. The summed E-state index contributed by atoms with van der Waals surface area (Å²) in [6.45, 7) is 1.95. The molecule has 1 heterocycles. The fourth-order valence-electron chi connectivity index (χ4n) is 1.91. The lowest BCUT2D eigenvalue weighted by atomic mass is 10.1. The highest BCUT2D eigenvalue weighted by Gasteiger charge is 2.16. The van der Waals surface area contributed by atoms with Crippen LogP contribution in [0.2, 0.25) is 0 Å². The predicted molar refractivity (Wildman–Crippen MR) is 77.4 cm³/mol. The van der Waals surface area contributed by atoms with E-state index in [0.717, 1.165) is 17.7 Å². The van der Waals surface area contributed by atoms with Crippen LogP contribution >= 0.6 is 0 Å². The molecule has 2 rings (SSSR count). The van der Waals surface area contributed by atoms with Gasteiger partial charge in [0.05, 0.1) is 18.1 Å². The number of anilines is 1. The molecular formula is C15H17N3O2. The molecule has 0 aliphatic heterocycles. The van der Waals surface area contributed by atoms with Crippen molar-refractivity contribution in [2.24, 2.45) is 0 Å². The molecule has 0 bridgehead atoms. The van der Waals surface area contributed by atoms with E-state index in [9.17, 15) is 4.79 Å².